The molecule has 0 radical (unpaired) electrons. The molecule has 0 aliphatic carbocycles. The first-order valence-electron chi connectivity index (χ1n) is 6.28. The van der Waals surface area contributed by atoms with Crippen molar-refractivity contribution in [3.05, 3.63) is 57.7 Å². The van der Waals surface area contributed by atoms with E-state index in [-0.39, 0.29) is 5.78 Å². The van der Waals surface area contributed by atoms with Crippen molar-refractivity contribution >= 4 is 34.6 Å². The average molecular weight is 324 g/mol. The minimum Gasteiger partial charge on any atom is -0.383 e. The van der Waals surface area contributed by atoms with Gasteiger partial charge < -0.3 is 9.88 Å². The molecule has 0 saturated heterocycles. The van der Waals surface area contributed by atoms with E-state index in [1.165, 1.54) is 0 Å². The monoisotopic (exact) mass is 323 g/mol. The Bertz CT molecular complexity index is 705. The van der Waals surface area contributed by atoms with Crippen molar-refractivity contribution in [2.45, 2.75) is 6.92 Å². The van der Waals surface area contributed by atoms with Crippen LogP contribution in [0.25, 0.3) is 5.57 Å². The minimum absolute atomic E-state index is 0.209. The van der Waals surface area contributed by atoms with Crippen LogP contribution in [-0.2, 0) is 0 Å². The highest BCUT2D eigenvalue weighted by atomic mass is 35.5. The van der Waals surface area contributed by atoms with Gasteiger partial charge in [0.2, 0.25) is 0 Å². The molecule has 110 valence electrons. The van der Waals surface area contributed by atoms with Crippen molar-refractivity contribution in [3.8, 4) is 0 Å². The van der Waals surface area contributed by atoms with Crippen LogP contribution in [0.2, 0.25) is 10.0 Å². The number of nitrogens with zero attached hydrogens (tertiary/aromatic N) is 2. The van der Waals surface area contributed by atoms with Gasteiger partial charge in [0.15, 0.2) is 5.78 Å². The number of H-pyrrole nitrogens is 1. The number of aromatic nitrogens is 2. The van der Waals surface area contributed by atoms with Gasteiger partial charge in [0, 0.05) is 42.8 Å². The van der Waals surface area contributed by atoms with E-state index >= 15 is 0 Å². The molecule has 0 fully saturated rings. The molecule has 1 aromatic heterocycles. The molecule has 1 aromatic carbocycles. The number of Topliss-reactive ketones (excluding diaryl/α,β-unsaturated/α-hetero) is 1. The van der Waals surface area contributed by atoms with Crippen molar-refractivity contribution in [1.29, 1.82) is 0 Å². The van der Waals surface area contributed by atoms with Gasteiger partial charge in [-0.25, -0.2) is 4.98 Å². The topological polar surface area (TPSA) is 49.0 Å². The third kappa shape index (κ3) is 3.65. The number of aromatic amines is 1. The van der Waals surface area contributed by atoms with E-state index in [0.29, 0.717) is 27.0 Å². The average Bonchev–Trinajstić information content (AvgIpc) is 2.81. The second-order valence-corrected chi connectivity index (χ2v) is 5.72. The Morgan fingerprint density at radius 1 is 1.33 bits per heavy atom. The number of carbonyl (C=O) groups is 1. The van der Waals surface area contributed by atoms with Crippen molar-refractivity contribution < 1.29 is 4.79 Å². The molecule has 0 saturated carbocycles. The van der Waals surface area contributed by atoms with E-state index in [9.17, 15) is 4.79 Å². The van der Waals surface area contributed by atoms with Crippen molar-refractivity contribution in [2.24, 2.45) is 0 Å². The van der Waals surface area contributed by atoms with E-state index in [0.717, 1.165) is 5.69 Å². The van der Waals surface area contributed by atoms with Crippen LogP contribution in [0, 0.1) is 6.92 Å². The Kier molecular flexibility index (Phi) is 4.70. The molecule has 1 N–H and O–H groups in total. The maximum Gasteiger partial charge on any atom is 0.199 e. The number of allylic oxidation sites excluding steroid dienone is 1. The van der Waals surface area contributed by atoms with Gasteiger partial charge in [-0.15, -0.1) is 0 Å². The first-order chi connectivity index (χ1) is 9.88. The highest BCUT2D eigenvalue weighted by Gasteiger charge is 2.20. The summed E-state index contributed by atoms with van der Waals surface area (Å²) in [5.74, 6) is 0.303. The zero-order valence-corrected chi connectivity index (χ0v) is 13.5. The molecule has 6 heteroatoms. The Labute approximate surface area is 133 Å². The molecule has 4 nitrogen and oxygen atoms in total. The molecule has 0 bridgehead atoms. The number of nitrogens with one attached hydrogen (secondary N) is 1. The lowest BCUT2D eigenvalue weighted by Gasteiger charge is -2.11. The number of aryl methyl sites for hydroxylation is 1. The third-order valence-electron chi connectivity index (χ3n) is 2.77. The van der Waals surface area contributed by atoms with Gasteiger partial charge >= 0.3 is 0 Å². The molecule has 0 aliphatic rings. The zero-order chi connectivity index (χ0) is 15.6. The summed E-state index contributed by atoms with van der Waals surface area (Å²) in [5.41, 5.74) is 1.71. The van der Waals surface area contributed by atoms with Gasteiger partial charge in [0.05, 0.1) is 10.6 Å². The maximum atomic E-state index is 12.7. The number of halogens is 2. The smallest absolute Gasteiger partial charge is 0.199 e. The van der Waals surface area contributed by atoms with Crippen molar-refractivity contribution in [3.63, 3.8) is 0 Å². The number of carbonyl (C=O) groups excluding carboxylic acids is 1. The van der Waals surface area contributed by atoms with Gasteiger partial charge in [-0.2, -0.15) is 0 Å². The number of hydrogen-bond acceptors (Lipinski definition) is 3. The van der Waals surface area contributed by atoms with Gasteiger partial charge in [-0.1, -0.05) is 23.2 Å². The second-order valence-electron chi connectivity index (χ2n) is 4.87. The molecule has 1 heterocycles. The van der Waals surface area contributed by atoms with Crippen molar-refractivity contribution in [2.75, 3.05) is 14.1 Å². The number of ketones is 1. The molecule has 0 spiro atoms. The molecule has 0 amide bonds. The molecular formula is C15H15Cl2N3O. The van der Waals surface area contributed by atoms with E-state index in [1.54, 1.807) is 35.5 Å². The van der Waals surface area contributed by atoms with Crippen LogP contribution in [0.5, 0.6) is 0 Å². The maximum absolute atomic E-state index is 12.7. The molecule has 2 aromatic rings. The Morgan fingerprint density at radius 2 is 2.05 bits per heavy atom. The van der Waals surface area contributed by atoms with Gasteiger partial charge in [0.25, 0.3) is 0 Å². The first-order valence-corrected chi connectivity index (χ1v) is 7.04. The summed E-state index contributed by atoms with van der Waals surface area (Å²) in [5, 5.41) is 0.809. The number of hydrogen-bond donors (Lipinski definition) is 1. The summed E-state index contributed by atoms with van der Waals surface area (Å²) in [6.45, 7) is 1.88. The summed E-state index contributed by atoms with van der Waals surface area (Å²) < 4.78 is 0. The SMILES string of the molecule is Cc1cnc(/C(=C/N(C)C)C(=O)c2ccc(Cl)cc2Cl)[nH]1. The zero-order valence-electron chi connectivity index (χ0n) is 11.9. The summed E-state index contributed by atoms with van der Waals surface area (Å²) in [6, 6.07) is 4.81. The number of rotatable bonds is 4. The van der Waals surface area contributed by atoms with Crippen LogP contribution in [0.15, 0.2) is 30.6 Å². The Balaban J connectivity index is 2.49. The highest BCUT2D eigenvalue weighted by molar-refractivity contribution is 6.40. The molecule has 0 atom stereocenters. The van der Waals surface area contributed by atoms with E-state index < -0.39 is 0 Å². The third-order valence-corrected chi connectivity index (χ3v) is 3.31. The molecule has 21 heavy (non-hydrogen) atoms. The predicted molar refractivity (Wildman–Crippen MR) is 85.8 cm³/mol. The summed E-state index contributed by atoms with van der Waals surface area (Å²) in [4.78, 5) is 21.8. The van der Waals surface area contributed by atoms with E-state index in [4.69, 9.17) is 23.2 Å². The Morgan fingerprint density at radius 3 is 2.57 bits per heavy atom. The summed E-state index contributed by atoms with van der Waals surface area (Å²) in [6.07, 6.45) is 3.39. The molecule has 0 aliphatic heterocycles. The second kappa shape index (κ2) is 6.33. The fraction of sp³-hybridized carbons (Fsp3) is 0.200. The molecule has 0 unspecified atom stereocenters. The van der Waals surface area contributed by atoms with Gasteiger partial charge in [0.1, 0.15) is 5.82 Å². The van der Waals surface area contributed by atoms with Crippen LogP contribution < -0.4 is 0 Å². The van der Waals surface area contributed by atoms with E-state index in [2.05, 4.69) is 9.97 Å². The van der Waals surface area contributed by atoms with Gasteiger partial charge in [-0.3, -0.25) is 4.79 Å². The highest BCUT2D eigenvalue weighted by Crippen LogP contribution is 2.26. The van der Waals surface area contributed by atoms with E-state index in [1.807, 2.05) is 21.0 Å². The van der Waals surface area contributed by atoms with Crippen molar-refractivity contribution in [1.82, 2.24) is 14.9 Å². The van der Waals surface area contributed by atoms with Crippen LogP contribution in [-0.4, -0.2) is 34.7 Å². The standard InChI is InChI=1S/C15H15Cl2N3O/c1-9-7-18-15(19-9)12(8-20(2)3)14(21)11-5-4-10(16)6-13(11)17/h4-8H,1-3H3,(H,18,19)/b12-8+. The fourth-order valence-electron chi connectivity index (χ4n) is 1.85. The lowest BCUT2D eigenvalue weighted by atomic mass is 10.0. The van der Waals surface area contributed by atoms with Crippen LogP contribution in [0.1, 0.15) is 21.9 Å². The quantitative estimate of drug-likeness (QED) is 0.687. The lowest BCUT2D eigenvalue weighted by molar-refractivity contribution is 0.105. The largest absolute Gasteiger partial charge is 0.383 e. The fourth-order valence-corrected chi connectivity index (χ4v) is 2.35. The minimum atomic E-state index is -0.209. The number of imidazole rings is 1. The number of benzene rings is 1. The van der Waals surface area contributed by atoms with Crippen LogP contribution in [0.3, 0.4) is 0 Å². The predicted octanol–water partition coefficient (Wildman–Crippen LogP) is 3.81. The van der Waals surface area contributed by atoms with Gasteiger partial charge in [-0.05, 0) is 25.1 Å². The first kappa shape index (κ1) is 15.6. The lowest BCUT2D eigenvalue weighted by Crippen LogP contribution is -2.10. The van der Waals surface area contributed by atoms with Crippen LogP contribution >= 0.6 is 23.2 Å². The summed E-state index contributed by atoms with van der Waals surface area (Å²) >= 11 is 12.0. The summed E-state index contributed by atoms with van der Waals surface area (Å²) in [7, 11) is 3.68. The molecule has 2 rings (SSSR count). The Hall–Kier alpha value is -1.78. The van der Waals surface area contributed by atoms with Crippen LogP contribution in [0.4, 0.5) is 0 Å². The molecular weight excluding hydrogens is 309 g/mol. The normalized spacial score (nSPS) is 11.6.